The summed E-state index contributed by atoms with van der Waals surface area (Å²) in [5.41, 5.74) is 0.986. The van der Waals surface area contributed by atoms with Crippen LogP contribution in [0, 0.1) is 0 Å². The third-order valence-corrected chi connectivity index (χ3v) is 3.86. The predicted molar refractivity (Wildman–Crippen MR) is 97.5 cm³/mol. The van der Waals surface area contributed by atoms with Gasteiger partial charge in [0.1, 0.15) is 11.7 Å². The average Bonchev–Trinajstić information content (AvgIpc) is 3.03. The van der Waals surface area contributed by atoms with Crippen molar-refractivity contribution in [3.8, 4) is 11.8 Å². The van der Waals surface area contributed by atoms with E-state index in [4.69, 9.17) is 14.2 Å². The molecule has 1 aliphatic heterocycles. The summed E-state index contributed by atoms with van der Waals surface area (Å²) in [5, 5.41) is 0. The number of hydrogen-bond acceptors (Lipinski definition) is 6. The van der Waals surface area contributed by atoms with Gasteiger partial charge >= 0.3 is 6.09 Å². The van der Waals surface area contributed by atoms with Crippen LogP contribution in [0.25, 0.3) is 11.0 Å². The lowest BCUT2D eigenvalue weighted by Gasteiger charge is -2.24. The van der Waals surface area contributed by atoms with Crippen molar-refractivity contribution < 1.29 is 19.0 Å². The minimum Gasteiger partial charge on any atom is -0.474 e. The number of benzene rings is 1. The Bertz CT molecular complexity index is 788. The first kappa shape index (κ1) is 18.2. The van der Waals surface area contributed by atoms with Crippen molar-refractivity contribution >= 4 is 17.1 Å². The van der Waals surface area contributed by atoms with Crippen LogP contribution in [0.5, 0.6) is 11.8 Å². The molecule has 1 unspecified atom stereocenters. The summed E-state index contributed by atoms with van der Waals surface area (Å²) in [7, 11) is 0. The molecule has 0 N–H and O–H groups in total. The zero-order chi connectivity index (χ0) is 18.7. The maximum absolute atomic E-state index is 12.2. The van der Waals surface area contributed by atoms with Crippen LogP contribution in [-0.4, -0.2) is 52.4 Å². The zero-order valence-corrected chi connectivity index (χ0v) is 15.7. The Balaban J connectivity index is 1.73. The van der Waals surface area contributed by atoms with E-state index in [9.17, 15) is 4.79 Å². The summed E-state index contributed by atoms with van der Waals surface area (Å²) < 4.78 is 17.0. The summed E-state index contributed by atoms with van der Waals surface area (Å²) in [5.74, 6) is 0.739. The topological polar surface area (TPSA) is 73.8 Å². The van der Waals surface area contributed by atoms with Gasteiger partial charge in [-0.05, 0) is 39.8 Å². The molecule has 1 fully saturated rings. The Labute approximate surface area is 153 Å². The Kier molecular flexibility index (Phi) is 5.15. The predicted octanol–water partition coefficient (Wildman–Crippen LogP) is 3.42. The quantitative estimate of drug-likeness (QED) is 0.833. The molecule has 0 aliphatic carbocycles. The first-order chi connectivity index (χ1) is 12.4. The number of carbonyl (C=O) groups is 1. The third-order valence-electron chi connectivity index (χ3n) is 3.86. The second-order valence-electron chi connectivity index (χ2n) is 7.21. The van der Waals surface area contributed by atoms with Gasteiger partial charge < -0.3 is 19.1 Å². The summed E-state index contributed by atoms with van der Waals surface area (Å²) in [6.07, 6.45) is 0.217. The van der Waals surface area contributed by atoms with Crippen molar-refractivity contribution in [2.75, 3.05) is 19.7 Å². The minimum atomic E-state index is -0.512. The SMILES string of the molecule is CCOc1nc2ccccc2nc1OC1CCN(C(=O)OC(C)(C)C)C1. The number of nitrogens with zero attached hydrogens (tertiary/aromatic N) is 3. The molecule has 2 heterocycles. The highest BCUT2D eigenvalue weighted by Crippen LogP contribution is 2.28. The molecule has 1 aliphatic rings. The van der Waals surface area contributed by atoms with E-state index < -0.39 is 5.60 Å². The van der Waals surface area contributed by atoms with E-state index in [0.29, 0.717) is 37.9 Å². The lowest BCUT2D eigenvalue weighted by atomic mass is 10.2. The maximum Gasteiger partial charge on any atom is 0.410 e. The van der Waals surface area contributed by atoms with E-state index in [1.165, 1.54) is 0 Å². The number of ether oxygens (including phenoxy) is 3. The lowest BCUT2D eigenvalue weighted by Crippen LogP contribution is -2.36. The molecule has 140 valence electrons. The van der Waals surface area contributed by atoms with Crippen molar-refractivity contribution in [3.05, 3.63) is 24.3 Å². The second kappa shape index (κ2) is 7.35. The zero-order valence-electron chi connectivity index (χ0n) is 15.7. The number of carbonyl (C=O) groups excluding carboxylic acids is 1. The molecule has 1 saturated heterocycles. The second-order valence-corrected chi connectivity index (χ2v) is 7.21. The smallest absolute Gasteiger partial charge is 0.410 e. The van der Waals surface area contributed by atoms with E-state index in [0.717, 1.165) is 11.0 Å². The van der Waals surface area contributed by atoms with Crippen molar-refractivity contribution in [3.63, 3.8) is 0 Å². The summed E-state index contributed by atoms with van der Waals surface area (Å²) >= 11 is 0. The fourth-order valence-corrected chi connectivity index (χ4v) is 2.75. The highest BCUT2D eigenvalue weighted by molar-refractivity contribution is 5.75. The molecule has 3 rings (SSSR count). The molecular weight excluding hydrogens is 334 g/mol. The van der Waals surface area contributed by atoms with Crippen LogP contribution in [0.1, 0.15) is 34.1 Å². The molecule has 7 nitrogen and oxygen atoms in total. The van der Waals surface area contributed by atoms with Gasteiger partial charge in [-0.15, -0.1) is 0 Å². The molecule has 26 heavy (non-hydrogen) atoms. The highest BCUT2D eigenvalue weighted by Gasteiger charge is 2.32. The monoisotopic (exact) mass is 359 g/mol. The van der Waals surface area contributed by atoms with E-state index >= 15 is 0 Å². The number of aromatic nitrogens is 2. The van der Waals surface area contributed by atoms with Crippen LogP contribution in [0.2, 0.25) is 0 Å². The maximum atomic E-state index is 12.2. The van der Waals surface area contributed by atoms with E-state index in [-0.39, 0.29) is 12.2 Å². The normalized spacial score (nSPS) is 17.4. The van der Waals surface area contributed by atoms with Crippen LogP contribution >= 0.6 is 0 Å². The molecule has 1 aromatic heterocycles. The third kappa shape index (κ3) is 4.33. The number of rotatable bonds is 4. The molecule has 0 radical (unpaired) electrons. The van der Waals surface area contributed by atoms with Gasteiger partial charge in [0.15, 0.2) is 0 Å². The molecule has 1 atom stereocenters. The summed E-state index contributed by atoms with van der Waals surface area (Å²) in [6.45, 7) is 8.97. The molecular formula is C19H25N3O4. The van der Waals surface area contributed by atoms with Crippen molar-refractivity contribution in [1.82, 2.24) is 14.9 Å². The van der Waals surface area contributed by atoms with Crippen LogP contribution < -0.4 is 9.47 Å². The van der Waals surface area contributed by atoms with Gasteiger partial charge in [0.25, 0.3) is 11.8 Å². The Morgan fingerprint density at radius 3 is 2.46 bits per heavy atom. The lowest BCUT2D eigenvalue weighted by molar-refractivity contribution is 0.0274. The van der Waals surface area contributed by atoms with Gasteiger partial charge in [-0.2, -0.15) is 0 Å². The number of likely N-dealkylation sites (tertiary alicyclic amines) is 1. The fourth-order valence-electron chi connectivity index (χ4n) is 2.75. The first-order valence-electron chi connectivity index (χ1n) is 8.90. The standard InChI is InChI=1S/C19H25N3O4/c1-5-24-16-17(21-15-9-7-6-8-14(15)20-16)25-13-10-11-22(12-13)18(23)26-19(2,3)4/h6-9,13H,5,10-12H2,1-4H3. The minimum absolute atomic E-state index is 0.169. The van der Waals surface area contributed by atoms with Gasteiger partial charge in [-0.1, -0.05) is 12.1 Å². The number of hydrogen-bond donors (Lipinski definition) is 0. The summed E-state index contributed by atoms with van der Waals surface area (Å²) in [4.78, 5) is 22.9. The summed E-state index contributed by atoms with van der Waals surface area (Å²) in [6, 6.07) is 7.57. The molecule has 1 amide bonds. The molecule has 2 aromatic rings. The van der Waals surface area contributed by atoms with Crippen LogP contribution in [0.3, 0.4) is 0 Å². The molecule has 0 bridgehead atoms. The molecule has 0 saturated carbocycles. The van der Waals surface area contributed by atoms with E-state index in [1.807, 2.05) is 52.0 Å². The molecule has 0 spiro atoms. The van der Waals surface area contributed by atoms with Gasteiger partial charge in [0, 0.05) is 13.0 Å². The Hall–Kier alpha value is -2.57. The first-order valence-corrected chi connectivity index (χ1v) is 8.90. The van der Waals surface area contributed by atoms with Crippen LogP contribution in [0.15, 0.2) is 24.3 Å². The number of amides is 1. The Morgan fingerprint density at radius 2 is 1.85 bits per heavy atom. The van der Waals surface area contributed by atoms with Crippen molar-refractivity contribution in [1.29, 1.82) is 0 Å². The number of para-hydroxylation sites is 2. The van der Waals surface area contributed by atoms with Gasteiger partial charge in [0.2, 0.25) is 0 Å². The largest absolute Gasteiger partial charge is 0.474 e. The van der Waals surface area contributed by atoms with E-state index in [1.54, 1.807) is 4.90 Å². The Morgan fingerprint density at radius 1 is 1.19 bits per heavy atom. The van der Waals surface area contributed by atoms with Crippen molar-refractivity contribution in [2.24, 2.45) is 0 Å². The van der Waals surface area contributed by atoms with Gasteiger partial charge in [0.05, 0.1) is 24.2 Å². The van der Waals surface area contributed by atoms with Gasteiger partial charge in [-0.25, -0.2) is 14.8 Å². The van der Waals surface area contributed by atoms with Crippen molar-refractivity contribution in [2.45, 2.75) is 45.8 Å². The van der Waals surface area contributed by atoms with Gasteiger partial charge in [-0.3, -0.25) is 0 Å². The number of fused-ring (bicyclic) bond motifs is 1. The highest BCUT2D eigenvalue weighted by atomic mass is 16.6. The van der Waals surface area contributed by atoms with Crippen LogP contribution in [-0.2, 0) is 4.74 Å². The average molecular weight is 359 g/mol. The van der Waals surface area contributed by atoms with E-state index in [2.05, 4.69) is 9.97 Å². The fraction of sp³-hybridized carbons (Fsp3) is 0.526. The molecule has 1 aromatic carbocycles. The van der Waals surface area contributed by atoms with Crippen LogP contribution in [0.4, 0.5) is 4.79 Å². The molecule has 7 heteroatoms.